The standard InChI is InChI=1S/C12H11F2N3/c13-10-4-2-1-3-8(10)12(17-15)9-5-6-16-7-11(9)14/h1-7,12,17H,15H2. The van der Waals surface area contributed by atoms with Crippen molar-refractivity contribution in [1.29, 1.82) is 0 Å². The molecule has 0 radical (unpaired) electrons. The number of nitrogens with zero attached hydrogens (tertiary/aromatic N) is 1. The number of nitrogens with two attached hydrogens (primary N) is 1. The third-order valence-corrected chi connectivity index (χ3v) is 2.50. The van der Waals surface area contributed by atoms with E-state index >= 15 is 0 Å². The summed E-state index contributed by atoms with van der Waals surface area (Å²) in [5, 5.41) is 0. The summed E-state index contributed by atoms with van der Waals surface area (Å²) in [6, 6.07) is 6.82. The van der Waals surface area contributed by atoms with E-state index in [0.717, 1.165) is 6.20 Å². The van der Waals surface area contributed by atoms with Gasteiger partial charge in [-0.1, -0.05) is 18.2 Å². The van der Waals surface area contributed by atoms with E-state index in [4.69, 9.17) is 5.84 Å². The maximum atomic E-state index is 13.6. The van der Waals surface area contributed by atoms with Crippen LogP contribution in [0.15, 0.2) is 42.7 Å². The van der Waals surface area contributed by atoms with Gasteiger partial charge in [0, 0.05) is 17.3 Å². The first-order valence-corrected chi connectivity index (χ1v) is 5.04. The zero-order chi connectivity index (χ0) is 12.3. The van der Waals surface area contributed by atoms with Crippen molar-refractivity contribution in [2.24, 2.45) is 5.84 Å². The lowest BCUT2D eigenvalue weighted by atomic mass is 9.99. The Hall–Kier alpha value is -1.85. The fourth-order valence-electron chi connectivity index (χ4n) is 1.68. The molecule has 2 rings (SSSR count). The Morgan fingerprint density at radius 2 is 1.76 bits per heavy atom. The minimum atomic E-state index is -0.737. The molecule has 1 heterocycles. The van der Waals surface area contributed by atoms with Crippen molar-refractivity contribution in [1.82, 2.24) is 10.4 Å². The van der Waals surface area contributed by atoms with Crippen LogP contribution in [-0.4, -0.2) is 4.98 Å². The summed E-state index contributed by atoms with van der Waals surface area (Å²) in [4.78, 5) is 3.64. The average Bonchev–Trinajstić information content (AvgIpc) is 2.34. The van der Waals surface area contributed by atoms with E-state index in [1.165, 1.54) is 18.3 Å². The van der Waals surface area contributed by atoms with E-state index < -0.39 is 17.7 Å². The maximum absolute atomic E-state index is 13.6. The van der Waals surface area contributed by atoms with E-state index in [0.29, 0.717) is 5.56 Å². The molecule has 17 heavy (non-hydrogen) atoms. The van der Waals surface area contributed by atoms with Gasteiger partial charge >= 0.3 is 0 Å². The highest BCUT2D eigenvalue weighted by Crippen LogP contribution is 2.24. The highest BCUT2D eigenvalue weighted by Gasteiger charge is 2.19. The van der Waals surface area contributed by atoms with Gasteiger partial charge in [-0.25, -0.2) is 14.2 Å². The predicted octanol–water partition coefficient (Wildman–Crippen LogP) is 1.91. The summed E-state index contributed by atoms with van der Waals surface area (Å²) in [6.07, 6.45) is 2.50. The molecule has 2 aromatic rings. The van der Waals surface area contributed by atoms with Gasteiger partial charge in [0.05, 0.1) is 12.2 Å². The summed E-state index contributed by atoms with van der Waals surface area (Å²) in [5.41, 5.74) is 2.96. The first-order chi connectivity index (χ1) is 8.24. The first kappa shape index (κ1) is 11.6. The van der Waals surface area contributed by atoms with Crippen molar-refractivity contribution in [3.63, 3.8) is 0 Å². The minimum Gasteiger partial charge on any atom is -0.271 e. The Balaban J connectivity index is 2.48. The van der Waals surface area contributed by atoms with Gasteiger partial charge in [-0.2, -0.15) is 0 Å². The molecule has 0 amide bonds. The van der Waals surface area contributed by atoms with Crippen LogP contribution in [0.25, 0.3) is 0 Å². The van der Waals surface area contributed by atoms with Crippen molar-refractivity contribution in [2.45, 2.75) is 6.04 Å². The molecule has 1 atom stereocenters. The number of hydrogen-bond acceptors (Lipinski definition) is 3. The molecule has 1 aromatic heterocycles. The lowest BCUT2D eigenvalue weighted by Crippen LogP contribution is -2.30. The van der Waals surface area contributed by atoms with Crippen LogP contribution in [0.2, 0.25) is 0 Å². The third kappa shape index (κ3) is 2.30. The predicted molar refractivity (Wildman–Crippen MR) is 59.8 cm³/mol. The van der Waals surface area contributed by atoms with Crippen LogP contribution in [0.1, 0.15) is 17.2 Å². The second-order valence-electron chi connectivity index (χ2n) is 3.52. The van der Waals surface area contributed by atoms with Gasteiger partial charge in [0.15, 0.2) is 0 Å². The van der Waals surface area contributed by atoms with E-state index in [-0.39, 0.29) is 5.56 Å². The van der Waals surface area contributed by atoms with Crippen molar-refractivity contribution in [3.05, 3.63) is 65.5 Å². The molecule has 1 aromatic carbocycles. The maximum Gasteiger partial charge on any atom is 0.146 e. The Morgan fingerprint density at radius 3 is 2.41 bits per heavy atom. The molecule has 3 N–H and O–H groups in total. The van der Waals surface area contributed by atoms with Gasteiger partial charge in [-0.05, 0) is 12.1 Å². The highest BCUT2D eigenvalue weighted by molar-refractivity contribution is 5.32. The number of aromatic nitrogens is 1. The number of nitrogens with one attached hydrogen (secondary N) is 1. The normalized spacial score (nSPS) is 12.4. The summed E-state index contributed by atoms with van der Waals surface area (Å²) < 4.78 is 27.2. The molecule has 5 heteroatoms. The Kier molecular flexibility index (Phi) is 3.41. The Labute approximate surface area is 97.3 Å². The van der Waals surface area contributed by atoms with E-state index in [1.54, 1.807) is 18.2 Å². The molecule has 0 saturated heterocycles. The number of hydrazine groups is 1. The molecule has 1 unspecified atom stereocenters. The molecule has 3 nitrogen and oxygen atoms in total. The van der Waals surface area contributed by atoms with E-state index in [1.807, 2.05) is 0 Å². The monoisotopic (exact) mass is 235 g/mol. The smallest absolute Gasteiger partial charge is 0.146 e. The van der Waals surface area contributed by atoms with Crippen LogP contribution >= 0.6 is 0 Å². The summed E-state index contributed by atoms with van der Waals surface area (Å²) in [5.74, 6) is 4.40. The molecular weight excluding hydrogens is 224 g/mol. The van der Waals surface area contributed by atoms with Crippen LogP contribution in [-0.2, 0) is 0 Å². The van der Waals surface area contributed by atoms with Gasteiger partial charge in [0.25, 0.3) is 0 Å². The SMILES string of the molecule is NNC(c1ccccc1F)c1ccncc1F. The average molecular weight is 235 g/mol. The Bertz CT molecular complexity index is 471. The van der Waals surface area contributed by atoms with Crippen LogP contribution in [0, 0.1) is 11.6 Å². The van der Waals surface area contributed by atoms with Crippen LogP contribution in [0.3, 0.4) is 0 Å². The number of halogens is 2. The molecule has 88 valence electrons. The molecule has 0 fully saturated rings. The zero-order valence-electron chi connectivity index (χ0n) is 8.90. The molecule has 0 saturated carbocycles. The highest BCUT2D eigenvalue weighted by atomic mass is 19.1. The van der Waals surface area contributed by atoms with Gasteiger partial charge in [0.1, 0.15) is 11.6 Å². The molecular formula is C12H11F2N3. The van der Waals surface area contributed by atoms with Gasteiger partial charge < -0.3 is 0 Å². The molecule has 0 aliphatic heterocycles. The van der Waals surface area contributed by atoms with Gasteiger partial charge in [0.2, 0.25) is 0 Å². The van der Waals surface area contributed by atoms with Gasteiger partial charge in [-0.3, -0.25) is 10.8 Å². The molecule has 0 spiro atoms. The molecule has 0 aliphatic carbocycles. The van der Waals surface area contributed by atoms with Crippen molar-refractivity contribution < 1.29 is 8.78 Å². The fourth-order valence-corrected chi connectivity index (χ4v) is 1.68. The van der Waals surface area contributed by atoms with Gasteiger partial charge in [-0.15, -0.1) is 0 Å². The topological polar surface area (TPSA) is 50.9 Å². The first-order valence-electron chi connectivity index (χ1n) is 5.04. The summed E-state index contributed by atoms with van der Waals surface area (Å²) in [6.45, 7) is 0. The largest absolute Gasteiger partial charge is 0.271 e. The Morgan fingerprint density at radius 1 is 1.06 bits per heavy atom. The van der Waals surface area contributed by atoms with Crippen molar-refractivity contribution in [3.8, 4) is 0 Å². The number of hydrogen-bond donors (Lipinski definition) is 2. The van der Waals surface area contributed by atoms with E-state index in [2.05, 4.69) is 10.4 Å². The quantitative estimate of drug-likeness (QED) is 0.631. The number of benzene rings is 1. The van der Waals surface area contributed by atoms with Crippen molar-refractivity contribution in [2.75, 3.05) is 0 Å². The van der Waals surface area contributed by atoms with E-state index in [9.17, 15) is 8.78 Å². The third-order valence-electron chi connectivity index (χ3n) is 2.50. The molecule has 0 aliphatic rings. The minimum absolute atomic E-state index is 0.257. The second kappa shape index (κ2) is 4.99. The van der Waals surface area contributed by atoms with Crippen LogP contribution < -0.4 is 11.3 Å². The van der Waals surface area contributed by atoms with Crippen LogP contribution in [0.5, 0.6) is 0 Å². The molecule has 0 bridgehead atoms. The summed E-state index contributed by atoms with van der Waals surface area (Å²) in [7, 11) is 0. The second-order valence-corrected chi connectivity index (χ2v) is 3.52. The van der Waals surface area contributed by atoms with Crippen LogP contribution in [0.4, 0.5) is 8.78 Å². The summed E-state index contributed by atoms with van der Waals surface area (Å²) >= 11 is 0. The van der Waals surface area contributed by atoms with Crippen molar-refractivity contribution >= 4 is 0 Å². The zero-order valence-corrected chi connectivity index (χ0v) is 8.90. The lowest BCUT2D eigenvalue weighted by Gasteiger charge is -2.17. The number of rotatable bonds is 3. The fraction of sp³-hybridized carbons (Fsp3) is 0.0833. The lowest BCUT2D eigenvalue weighted by molar-refractivity contribution is 0.529. The number of pyridine rings is 1.